The van der Waals surface area contributed by atoms with Gasteiger partial charge in [-0.25, -0.2) is 0 Å². The highest BCUT2D eigenvalue weighted by atomic mass is 35.5. The number of halogens is 2. The van der Waals surface area contributed by atoms with Gasteiger partial charge in [-0.05, 0) is 42.0 Å². The maximum atomic E-state index is 5.93. The van der Waals surface area contributed by atoms with E-state index in [9.17, 15) is 0 Å². The van der Waals surface area contributed by atoms with Crippen molar-refractivity contribution in [3.63, 3.8) is 0 Å². The molecule has 1 heterocycles. The second-order valence-electron chi connectivity index (χ2n) is 6.03. The summed E-state index contributed by atoms with van der Waals surface area (Å²) in [6, 6.07) is 15.9. The SMILES string of the molecule is CN(Cc1ccc(Cl)cc1)c1ccc(N=NC2N(C)C=NN2C)cc1.Cl. The Bertz CT molecular complexity index is 748. The van der Waals surface area contributed by atoms with Crippen LogP contribution >= 0.6 is 24.0 Å². The first-order valence-corrected chi connectivity index (χ1v) is 8.36. The van der Waals surface area contributed by atoms with Gasteiger partial charge in [-0.15, -0.1) is 17.5 Å². The van der Waals surface area contributed by atoms with Crippen molar-refractivity contribution in [3.8, 4) is 0 Å². The van der Waals surface area contributed by atoms with Crippen molar-refractivity contribution < 1.29 is 0 Å². The molecule has 0 aliphatic carbocycles. The van der Waals surface area contributed by atoms with Gasteiger partial charge in [-0.3, -0.25) is 5.01 Å². The molecular formula is C18H22Cl2N6. The molecule has 0 radical (unpaired) electrons. The standard InChI is InChI=1S/C18H21ClN6.ClH/c1-23(12-14-4-6-15(19)7-5-14)17-10-8-16(9-11-17)21-22-18-24(2)13-20-25(18)3;/h4-11,13,18H,12H2,1-3H3;1H. The molecule has 0 spiro atoms. The molecule has 1 aliphatic heterocycles. The van der Waals surface area contributed by atoms with Gasteiger partial charge < -0.3 is 9.80 Å². The number of nitrogens with zero attached hydrogens (tertiary/aromatic N) is 6. The Morgan fingerprint density at radius 1 is 1.08 bits per heavy atom. The predicted molar refractivity (Wildman–Crippen MR) is 110 cm³/mol. The van der Waals surface area contributed by atoms with E-state index in [1.165, 1.54) is 5.56 Å². The molecule has 8 heteroatoms. The molecule has 2 aromatic rings. The molecule has 3 rings (SSSR count). The third-order valence-corrected chi connectivity index (χ3v) is 4.27. The van der Waals surface area contributed by atoms with Crippen molar-refractivity contribution in [2.75, 3.05) is 26.0 Å². The Hall–Kier alpha value is -2.31. The fourth-order valence-electron chi connectivity index (χ4n) is 2.55. The number of hydrogen-bond acceptors (Lipinski definition) is 6. The Morgan fingerprint density at radius 2 is 1.73 bits per heavy atom. The molecule has 0 amide bonds. The fourth-order valence-corrected chi connectivity index (χ4v) is 2.67. The second kappa shape index (κ2) is 8.87. The zero-order valence-electron chi connectivity index (χ0n) is 15.0. The minimum atomic E-state index is -0.188. The average Bonchev–Trinajstić information content (AvgIpc) is 2.93. The Balaban J connectivity index is 0.00000243. The van der Waals surface area contributed by atoms with Gasteiger partial charge in [0.2, 0.25) is 6.29 Å². The molecule has 0 saturated heterocycles. The van der Waals surface area contributed by atoms with Crippen LogP contribution in [0.5, 0.6) is 0 Å². The van der Waals surface area contributed by atoms with Crippen molar-refractivity contribution in [2.45, 2.75) is 12.8 Å². The first kappa shape index (κ1) is 20.0. The van der Waals surface area contributed by atoms with Crippen LogP contribution in [0.25, 0.3) is 0 Å². The fraction of sp³-hybridized carbons (Fsp3) is 0.278. The lowest BCUT2D eigenvalue weighted by atomic mass is 10.2. The lowest BCUT2D eigenvalue weighted by Gasteiger charge is -2.20. The molecule has 0 fully saturated rings. The monoisotopic (exact) mass is 392 g/mol. The largest absolute Gasteiger partial charge is 0.370 e. The molecule has 1 atom stereocenters. The highest BCUT2D eigenvalue weighted by Gasteiger charge is 2.20. The number of hydrazone groups is 1. The molecule has 0 aromatic heterocycles. The number of rotatable bonds is 5. The zero-order valence-corrected chi connectivity index (χ0v) is 16.5. The average molecular weight is 393 g/mol. The summed E-state index contributed by atoms with van der Waals surface area (Å²) in [6.45, 7) is 0.813. The minimum absolute atomic E-state index is 0. The number of benzene rings is 2. The van der Waals surface area contributed by atoms with Crippen LogP contribution in [0.2, 0.25) is 5.02 Å². The third kappa shape index (κ3) is 4.86. The van der Waals surface area contributed by atoms with E-state index in [0.717, 1.165) is 22.9 Å². The van der Waals surface area contributed by atoms with Gasteiger partial charge in [-0.1, -0.05) is 23.7 Å². The molecule has 0 bridgehead atoms. The van der Waals surface area contributed by atoms with E-state index >= 15 is 0 Å². The topological polar surface area (TPSA) is 46.8 Å². The van der Waals surface area contributed by atoms with Crippen LogP contribution < -0.4 is 4.90 Å². The van der Waals surface area contributed by atoms with Crippen molar-refractivity contribution >= 4 is 41.7 Å². The van der Waals surface area contributed by atoms with Gasteiger partial charge in [0, 0.05) is 38.4 Å². The molecule has 0 N–H and O–H groups in total. The summed E-state index contributed by atoms with van der Waals surface area (Å²) >= 11 is 5.93. The van der Waals surface area contributed by atoms with Crippen LogP contribution in [0.4, 0.5) is 11.4 Å². The van der Waals surface area contributed by atoms with Crippen LogP contribution in [0.1, 0.15) is 5.56 Å². The summed E-state index contributed by atoms with van der Waals surface area (Å²) in [4.78, 5) is 4.08. The van der Waals surface area contributed by atoms with Gasteiger partial charge >= 0.3 is 0 Å². The summed E-state index contributed by atoms with van der Waals surface area (Å²) in [5.41, 5.74) is 3.15. The normalized spacial score (nSPS) is 16.2. The Kier molecular flexibility index (Phi) is 6.83. The molecule has 138 valence electrons. The van der Waals surface area contributed by atoms with E-state index < -0.39 is 0 Å². The van der Waals surface area contributed by atoms with Gasteiger partial charge in [0.15, 0.2) is 0 Å². The predicted octanol–water partition coefficient (Wildman–Crippen LogP) is 4.59. The molecule has 1 unspecified atom stereocenters. The van der Waals surface area contributed by atoms with Crippen molar-refractivity contribution in [1.29, 1.82) is 0 Å². The summed E-state index contributed by atoms with van der Waals surface area (Å²) in [5, 5.41) is 15.3. The molecule has 6 nitrogen and oxygen atoms in total. The maximum absolute atomic E-state index is 5.93. The quantitative estimate of drug-likeness (QED) is 0.699. The summed E-state index contributed by atoms with van der Waals surface area (Å²) < 4.78 is 0. The smallest absolute Gasteiger partial charge is 0.233 e. The zero-order chi connectivity index (χ0) is 17.8. The van der Waals surface area contributed by atoms with Gasteiger partial charge in [-0.2, -0.15) is 10.2 Å². The molecule has 26 heavy (non-hydrogen) atoms. The van der Waals surface area contributed by atoms with Crippen molar-refractivity contribution in [1.82, 2.24) is 9.91 Å². The lowest BCUT2D eigenvalue weighted by Crippen LogP contribution is -2.32. The highest BCUT2D eigenvalue weighted by Crippen LogP contribution is 2.22. The van der Waals surface area contributed by atoms with Gasteiger partial charge in [0.05, 0.1) is 5.69 Å². The maximum Gasteiger partial charge on any atom is 0.233 e. The van der Waals surface area contributed by atoms with Crippen molar-refractivity contribution in [2.24, 2.45) is 15.3 Å². The van der Waals surface area contributed by atoms with E-state index in [-0.39, 0.29) is 18.7 Å². The van der Waals surface area contributed by atoms with Gasteiger partial charge in [0.25, 0.3) is 0 Å². The van der Waals surface area contributed by atoms with Crippen LogP contribution in [-0.2, 0) is 6.54 Å². The first-order valence-electron chi connectivity index (χ1n) is 7.98. The number of azo groups is 1. The Morgan fingerprint density at radius 3 is 2.31 bits per heavy atom. The summed E-state index contributed by atoms with van der Waals surface area (Å²) in [6.07, 6.45) is 1.55. The second-order valence-corrected chi connectivity index (χ2v) is 6.47. The number of anilines is 1. The van der Waals surface area contributed by atoms with E-state index in [1.54, 1.807) is 11.3 Å². The number of hydrogen-bond donors (Lipinski definition) is 0. The minimum Gasteiger partial charge on any atom is -0.370 e. The Labute approximate surface area is 165 Å². The van der Waals surface area contributed by atoms with Crippen molar-refractivity contribution in [3.05, 3.63) is 59.1 Å². The summed E-state index contributed by atoms with van der Waals surface area (Å²) in [7, 11) is 5.86. The van der Waals surface area contributed by atoms with Crippen LogP contribution in [0.15, 0.2) is 63.9 Å². The first-order chi connectivity index (χ1) is 12.0. The van der Waals surface area contributed by atoms with E-state index in [0.29, 0.717) is 0 Å². The van der Waals surface area contributed by atoms with Crippen LogP contribution in [-0.4, -0.2) is 43.7 Å². The van der Waals surface area contributed by atoms with E-state index in [2.05, 4.69) is 27.3 Å². The summed E-state index contributed by atoms with van der Waals surface area (Å²) in [5.74, 6) is 0. The molecular weight excluding hydrogens is 371 g/mol. The van der Waals surface area contributed by atoms with Gasteiger partial charge in [0.1, 0.15) is 6.34 Å². The highest BCUT2D eigenvalue weighted by molar-refractivity contribution is 6.30. The van der Waals surface area contributed by atoms with E-state index in [1.807, 2.05) is 67.5 Å². The van der Waals surface area contributed by atoms with Crippen LogP contribution in [0.3, 0.4) is 0 Å². The third-order valence-electron chi connectivity index (χ3n) is 4.01. The van der Waals surface area contributed by atoms with E-state index in [4.69, 9.17) is 11.6 Å². The molecule has 2 aromatic carbocycles. The van der Waals surface area contributed by atoms with Crippen LogP contribution in [0, 0.1) is 0 Å². The molecule has 1 aliphatic rings. The molecule has 0 saturated carbocycles. The lowest BCUT2D eigenvalue weighted by molar-refractivity contribution is 0.183.